The standard InChI is InChI=1S/C15H12ClFN4O2S/c1-7-4-11-13(18-7)14(23)21-15(20-11)24-6-12(22)19-10-3-2-8(16)5-9(10)17/h2-5,18H,6H2,1H3,(H,19,22)(H,20,21,23). The summed E-state index contributed by atoms with van der Waals surface area (Å²) < 4.78 is 13.6. The fourth-order valence-electron chi connectivity index (χ4n) is 2.11. The molecule has 0 aliphatic rings. The van der Waals surface area contributed by atoms with E-state index in [1.807, 2.05) is 6.92 Å². The summed E-state index contributed by atoms with van der Waals surface area (Å²) in [6, 6.07) is 5.73. The maximum atomic E-state index is 13.6. The first-order valence-electron chi connectivity index (χ1n) is 6.90. The highest BCUT2D eigenvalue weighted by Gasteiger charge is 2.11. The Balaban J connectivity index is 1.69. The molecule has 0 unspecified atom stereocenters. The second kappa shape index (κ2) is 6.66. The molecule has 6 nitrogen and oxygen atoms in total. The number of carbonyl (C=O) groups is 1. The number of amides is 1. The van der Waals surface area contributed by atoms with Crippen molar-refractivity contribution in [3.63, 3.8) is 0 Å². The second-order valence-electron chi connectivity index (χ2n) is 5.04. The van der Waals surface area contributed by atoms with Crippen LogP contribution in [0, 0.1) is 12.7 Å². The third kappa shape index (κ3) is 3.60. The number of hydrogen-bond acceptors (Lipinski definition) is 4. The van der Waals surface area contributed by atoms with Gasteiger partial charge in [0.1, 0.15) is 11.3 Å². The molecule has 0 spiro atoms. The molecule has 0 radical (unpaired) electrons. The average Bonchev–Trinajstić information content (AvgIpc) is 2.89. The quantitative estimate of drug-likeness (QED) is 0.489. The summed E-state index contributed by atoms with van der Waals surface area (Å²) in [5, 5.41) is 3.01. The van der Waals surface area contributed by atoms with Gasteiger partial charge in [0.2, 0.25) is 5.91 Å². The normalized spacial score (nSPS) is 11.0. The molecule has 0 bridgehead atoms. The lowest BCUT2D eigenvalue weighted by molar-refractivity contribution is -0.113. The summed E-state index contributed by atoms with van der Waals surface area (Å²) in [5.41, 5.74) is 1.48. The number of aromatic amines is 2. The molecule has 1 amide bonds. The van der Waals surface area contributed by atoms with E-state index in [1.165, 1.54) is 12.1 Å². The van der Waals surface area contributed by atoms with E-state index >= 15 is 0 Å². The van der Waals surface area contributed by atoms with Crippen LogP contribution in [0.4, 0.5) is 10.1 Å². The number of H-pyrrole nitrogens is 2. The Labute approximate surface area is 144 Å². The minimum absolute atomic E-state index is 0.0279. The number of hydrogen-bond donors (Lipinski definition) is 3. The summed E-state index contributed by atoms with van der Waals surface area (Å²) in [6.07, 6.45) is 0. The van der Waals surface area contributed by atoms with Crippen LogP contribution in [-0.4, -0.2) is 26.6 Å². The number of anilines is 1. The van der Waals surface area contributed by atoms with Crippen LogP contribution in [0.15, 0.2) is 34.2 Å². The molecule has 0 saturated heterocycles. The molecule has 3 N–H and O–H groups in total. The number of nitrogens with zero attached hydrogens (tertiary/aromatic N) is 1. The van der Waals surface area contributed by atoms with E-state index in [9.17, 15) is 14.0 Å². The van der Waals surface area contributed by atoms with Gasteiger partial charge in [-0.1, -0.05) is 23.4 Å². The van der Waals surface area contributed by atoms with Gasteiger partial charge in [0.15, 0.2) is 5.16 Å². The van der Waals surface area contributed by atoms with Crippen molar-refractivity contribution in [1.82, 2.24) is 15.0 Å². The Kier molecular flexibility index (Phi) is 4.59. The third-order valence-corrected chi connectivity index (χ3v) is 4.25. The summed E-state index contributed by atoms with van der Waals surface area (Å²) >= 11 is 6.71. The monoisotopic (exact) mass is 366 g/mol. The van der Waals surface area contributed by atoms with Crippen molar-refractivity contribution in [2.45, 2.75) is 12.1 Å². The fourth-order valence-corrected chi connectivity index (χ4v) is 2.94. The maximum absolute atomic E-state index is 13.6. The molecule has 0 aliphatic heterocycles. The predicted molar refractivity (Wildman–Crippen MR) is 92.2 cm³/mol. The number of nitrogens with one attached hydrogen (secondary N) is 3. The van der Waals surface area contributed by atoms with Crippen LogP contribution in [0.25, 0.3) is 11.0 Å². The SMILES string of the molecule is Cc1cc2nc(SCC(=O)Nc3ccc(Cl)cc3F)[nH]c(=O)c2[nH]1. The Morgan fingerprint density at radius 2 is 2.17 bits per heavy atom. The number of rotatable bonds is 4. The van der Waals surface area contributed by atoms with Crippen molar-refractivity contribution in [3.05, 3.63) is 51.2 Å². The zero-order chi connectivity index (χ0) is 17.3. The average molecular weight is 367 g/mol. The lowest BCUT2D eigenvalue weighted by Gasteiger charge is -2.06. The van der Waals surface area contributed by atoms with E-state index in [4.69, 9.17) is 11.6 Å². The van der Waals surface area contributed by atoms with Gasteiger partial charge in [-0.15, -0.1) is 0 Å². The molecule has 1 aromatic carbocycles. The molecule has 2 aromatic heterocycles. The maximum Gasteiger partial charge on any atom is 0.275 e. The zero-order valence-electron chi connectivity index (χ0n) is 12.4. The first-order chi connectivity index (χ1) is 11.4. The molecule has 24 heavy (non-hydrogen) atoms. The van der Waals surface area contributed by atoms with Crippen molar-refractivity contribution in [3.8, 4) is 0 Å². The highest BCUT2D eigenvalue weighted by Crippen LogP contribution is 2.20. The van der Waals surface area contributed by atoms with E-state index < -0.39 is 11.7 Å². The Bertz CT molecular complexity index is 985. The highest BCUT2D eigenvalue weighted by atomic mass is 35.5. The molecule has 0 aliphatic carbocycles. The third-order valence-electron chi connectivity index (χ3n) is 3.15. The lowest BCUT2D eigenvalue weighted by Crippen LogP contribution is -2.16. The summed E-state index contributed by atoms with van der Waals surface area (Å²) in [7, 11) is 0. The molecule has 9 heteroatoms. The lowest BCUT2D eigenvalue weighted by atomic mass is 10.3. The summed E-state index contributed by atoms with van der Waals surface area (Å²) in [4.78, 5) is 33.6. The van der Waals surface area contributed by atoms with Gasteiger partial charge in [0, 0.05) is 10.7 Å². The van der Waals surface area contributed by atoms with Crippen molar-refractivity contribution >= 4 is 46.0 Å². The minimum atomic E-state index is -0.614. The Hall–Kier alpha value is -2.32. The van der Waals surface area contributed by atoms with Gasteiger partial charge in [-0.05, 0) is 31.2 Å². The summed E-state index contributed by atoms with van der Waals surface area (Å²) in [5.74, 6) is -1.06. The summed E-state index contributed by atoms with van der Waals surface area (Å²) in [6.45, 7) is 1.82. The van der Waals surface area contributed by atoms with Gasteiger partial charge in [-0.2, -0.15) is 0 Å². The van der Waals surface area contributed by atoms with Gasteiger partial charge in [0.05, 0.1) is 17.0 Å². The van der Waals surface area contributed by atoms with Crippen molar-refractivity contribution in [1.29, 1.82) is 0 Å². The Morgan fingerprint density at radius 3 is 2.92 bits per heavy atom. The van der Waals surface area contributed by atoms with Crippen LogP contribution in [0.2, 0.25) is 5.02 Å². The zero-order valence-corrected chi connectivity index (χ0v) is 14.0. The van der Waals surface area contributed by atoms with E-state index in [0.29, 0.717) is 16.2 Å². The van der Waals surface area contributed by atoms with Gasteiger partial charge in [0.25, 0.3) is 5.56 Å². The number of aryl methyl sites for hydroxylation is 1. The minimum Gasteiger partial charge on any atom is -0.353 e. The van der Waals surface area contributed by atoms with Gasteiger partial charge < -0.3 is 10.3 Å². The van der Waals surface area contributed by atoms with E-state index in [2.05, 4.69) is 20.3 Å². The van der Waals surface area contributed by atoms with Gasteiger partial charge in [-0.3, -0.25) is 14.6 Å². The first kappa shape index (κ1) is 16.5. The largest absolute Gasteiger partial charge is 0.353 e. The molecule has 0 atom stereocenters. The van der Waals surface area contributed by atoms with E-state index in [0.717, 1.165) is 23.5 Å². The van der Waals surface area contributed by atoms with Gasteiger partial charge >= 0.3 is 0 Å². The molecule has 0 fully saturated rings. The van der Waals surface area contributed by atoms with Gasteiger partial charge in [-0.25, -0.2) is 9.37 Å². The van der Waals surface area contributed by atoms with Crippen LogP contribution in [0.5, 0.6) is 0 Å². The van der Waals surface area contributed by atoms with E-state index in [-0.39, 0.29) is 22.0 Å². The predicted octanol–water partition coefficient (Wildman–Crippen LogP) is 3.08. The molecule has 3 aromatic rings. The molecular weight excluding hydrogens is 355 g/mol. The molecule has 3 rings (SSSR count). The van der Waals surface area contributed by atoms with Crippen molar-refractivity contribution in [2.24, 2.45) is 0 Å². The molecule has 124 valence electrons. The molecular formula is C15H12ClFN4O2S. The fraction of sp³-hybridized carbons (Fsp3) is 0.133. The Morgan fingerprint density at radius 1 is 1.38 bits per heavy atom. The molecule has 0 saturated carbocycles. The van der Waals surface area contributed by atoms with Crippen molar-refractivity contribution in [2.75, 3.05) is 11.1 Å². The van der Waals surface area contributed by atoms with Crippen LogP contribution < -0.4 is 10.9 Å². The second-order valence-corrected chi connectivity index (χ2v) is 6.45. The smallest absolute Gasteiger partial charge is 0.275 e. The first-order valence-corrected chi connectivity index (χ1v) is 8.26. The number of carbonyl (C=O) groups excluding carboxylic acids is 1. The molecule has 2 heterocycles. The van der Waals surface area contributed by atoms with Crippen LogP contribution in [0.1, 0.15) is 5.69 Å². The topological polar surface area (TPSA) is 90.6 Å². The van der Waals surface area contributed by atoms with Crippen LogP contribution in [-0.2, 0) is 4.79 Å². The number of fused-ring (bicyclic) bond motifs is 1. The van der Waals surface area contributed by atoms with E-state index in [1.54, 1.807) is 6.07 Å². The number of thioether (sulfide) groups is 1. The number of halogens is 2. The van der Waals surface area contributed by atoms with Crippen molar-refractivity contribution < 1.29 is 9.18 Å². The van der Waals surface area contributed by atoms with Crippen LogP contribution >= 0.6 is 23.4 Å². The highest BCUT2D eigenvalue weighted by molar-refractivity contribution is 7.99. The number of benzene rings is 1. The number of aromatic nitrogens is 3. The van der Waals surface area contributed by atoms with Crippen LogP contribution in [0.3, 0.4) is 0 Å².